The molecule has 0 spiro atoms. The minimum absolute atomic E-state index is 0.309. The number of carboxylic acid groups (broad SMARTS) is 1. The predicted molar refractivity (Wildman–Crippen MR) is 95.9 cm³/mol. The fraction of sp³-hybridized carbons (Fsp3) is 0.200. The van der Waals surface area contributed by atoms with Crippen molar-refractivity contribution in [3.8, 4) is 0 Å². The first-order chi connectivity index (χ1) is 11.6. The van der Waals surface area contributed by atoms with Crippen LogP contribution in [0.3, 0.4) is 0 Å². The van der Waals surface area contributed by atoms with Crippen molar-refractivity contribution in [2.45, 2.75) is 26.2 Å². The van der Waals surface area contributed by atoms with Crippen LogP contribution >= 0.6 is 11.3 Å². The van der Waals surface area contributed by atoms with Crippen molar-refractivity contribution in [1.82, 2.24) is 4.98 Å². The molecule has 3 aromatic rings. The Morgan fingerprint density at radius 1 is 1.21 bits per heavy atom. The van der Waals surface area contributed by atoms with Crippen molar-refractivity contribution < 1.29 is 9.90 Å². The van der Waals surface area contributed by atoms with E-state index in [2.05, 4.69) is 25.1 Å². The first kappa shape index (κ1) is 15.1. The van der Waals surface area contributed by atoms with Crippen molar-refractivity contribution in [2.75, 3.05) is 0 Å². The van der Waals surface area contributed by atoms with Gasteiger partial charge >= 0.3 is 0 Å². The molecule has 2 aromatic heterocycles. The van der Waals surface area contributed by atoms with Crippen LogP contribution in [-0.2, 0) is 6.42 Å². The Kier molecular flexibility index (Phi) is 3.69. The lowest BCUT2D eigenvalue weighted by Gasteiger charge is -2.23. The van der Waals surface area contributed by atoms with E-state index < -0.39 is 5.97 Å². The molecular formula is C20H16NO2S-. The summed E-state index contributed by atoms with van der Waals surface area (Å²) in [6.45, 7) is 2.08. The van der Waals surface area contributed by atoms with Gasteiger partial charge in [-0.3, -0.25) is 0 Å². The van der Waals surface area contributed by atoms with Gasteiger partial charge in [-0.1, -0.05) is 18.2 Å². The number of aryl methyl sites for hydroxylation is 1. The van der Waals surface area contributed by atoms with Crippen LogP contribution < -0.4 is 5.11 Å². The van der Waals surface area contributed by atoms with Crippen LogP contribution in [0.4, 0.5) is 0 Å². The highest BCUT2D eigenvalue weighted by molar-refractivity contribution is 7.12. The Morgan fingerprint density at radius 2 is 2.04 bits per heavy atom. The van der Waals surface area contributed by atoms with Crippen LogP contribution in [0.2, 0.25) is 0 Å². The molecule has 3 nitrogen and oxygen atoms in total. The number of carbonyl (C=O) groups is 1. The molecule has 0 amide bonds. The van der Waals surface area contributed by atoms with Gasteiger partial charge in [-0.15, -0.1) is 11.3 Å². The Balaban J connectivity index is 1.98. The number of benzene rings is 1. The van der Waals surface area contributed by atoms with E-state index in [9.17, 15) is 9.90 Å². The van der Waals surface area contributed by atoms with Crippen molar-refractivity contribution in [3.05, 3.63) is 63.0 Å². The van der Waals surface area contributed by atoms with Crippen molar-refractivity contribution in [3.63, 3.8) is 0 Å². The largest absolute Gasteiger partial charge is 0.545 e. The summed E-state index contributed by atoms with van der Waals surface area (Å²) in [6.07, 6.45) is 4.74. The van der Waals surface area contributed by atoms with Crippen molar-refractivity contribution >= 4 is 39.9 Å². The molecule has 2 heterocycles. The van der Waals surface area contributed by atoms with Gasteiger partial charge in [0, 0.05) is 20.7 Å². The zero-order valence-corrected chi connectivity index (χ0v) is 14.2. The van der Waals surface area contributed by atoms with E-state index in [4.69, 9.17) is 4.98 Å². The topological polar surface area (TPSA) is 53.0 Å². The smallest absolute Gasteiger partial charge is 0.0725 e. The first-order valence-electron chi connectivity index (χ1n) is 8.04. The van der Waals surface area contributed by atoms with Gasteiger partial charge in [-0.05, 0) is 61.6 Å². The lowest BCUT2D eigenvalue weighted by atomic mass is 9.86. The summed E-state index contributed by atoms with van der Waals surface area (Å²) in [5, 5.41) is 12.5. The van der Waals surface area contributed by atoms with E-state index >= 15 is 0 Å². The normalized spacial score (nSPS) is 15.6. The summed E-state index contributed by atoms with van der Waals surface area (Å²) in [6, 6.07) is 11.6. The number of nitrogens with zero attached hydrogens (tertiary/aromatic N) is 1. The second-order valence-corrected chi connectivity index (χ2v) is 7.41. The predicted octanol–water partition coefficient (Wildman–Crippen LogP) is 3.85. The summed E-state index contributed by atoms with van der Waals surface area (Å²) in [5.41, 5.74) is 3.78. The number of allylic oxidation sites excluding steroid dienone is 1. The van der Waals surface area contributed by atoms with E-state index in [1.165, 1.54) is 9.75 Å². The van der Waals surface area contributed by atoms with Gasteiger partial charge in [-0.2, -0.15) is 0 Å². The first-order valence-corrected chi connectivity index (χ1v) is 8.85. The van der Waals surface area contributed by atoms with Crippen LogP contribution in [0.15, 0.2) is 36.4 Å². The quantitative estimate of drug-likeness (QED) is 0.715. The maximum Gasteiger partial charge on any atom is 0.0725 e. The monoisotopic (exact) mass is 334 g/mol. The van der Waals surface area contributed by atoms with Crippen LogP contribution in [-0.4, -0.2) is 11.0 Å². The fourth-order valence-corrected chi connectivity index (χ4v) is 4.26. The lowest BCUT2D eigenvalue weighted by Crippen LogP contribution is -2.26. The second kappa shape index (κ2) is 5.87. The summed E-state index contributed by atoms with van der Waals surface area (Å²) < 4.78 is 0. The van der Waals surface area contributed by atoms with E-state index in [0.29, 0.717) is 16.5 Å². The Labute approximate surface area is 144 Å². The molecule has 24 heavy (non-hydrogen) atoms. The number of aromatic carboxylic acids is 1. The third-order valence-electron chi connectivity index (χ3n) is 4.45. The molecule has 4 rings (SSSR count). The summed E-state index contributed by atoms with van der Waals surface area (Å²) >= 11 is 1.74. The van der Waals surface area contributed by atoms with Crippen molar-refractivity contribution in [1.29, 1.82) is 0 Å². The van der Waals surface area contributed by atoms with Gasteiger partial charge < -0.3 is 9.90 Å². The third kappa shape index (κ3) is 2.53. The van der Waals surface area contributed by atoms with Gasteiger partial charge in [0.25, 0.3) is 0 Å². The standard InChI is InChI=1S/C20H17NO2S/c1-12-9-10-14(24-12)11-13-5-4-7-16-18(20(22)23)15-6-2-3-8-17(15)21-19(13)16/h2-3,6,8-11H,4-5,7H2,1H3,(H,22,23)/p-1/b13-11+. The van der Waals surface area contributed by atoms with Gasteiger partial charge in [-0.25, -0.2) is 4.98 Å². The van der Waals surface area contributed by atoms with Gasteiger partial charge in [0.1, 0.15) is 0 Å². The molecular weight excluding hydrogens is 318 g/mol. The van der Waals surface area contributed by atoms with Gasteiger partial charge in [0.15, 0.2) is 0 Å². The molecule has 1 aliphatic carbocycles. The molecule has 0 bridgehead atoms. The van der Waals surface area contributed by atoms with E-state index in [1.807, 2.05) is 24.3 Å². The minimum Gasteiger partial charge on any atom is -0.545 e. The number of pyridine rings is 1. The maximum atomic E-state index is 11.8. The molecule has 0 N–H and O–H groups in total. The van der Waals surface area contributed by atoms with Crippen LogP contribution in [0.25, 0.3) is 22.6 Å². The molecule has 1 aromatic carbocycles. The Hall–Kier alpha value is -2.46. The fourth-order valence-electron chi connectivity index (χ4n) is 3.41. The number of hydrogen-bond acceptors (Lipinski definition) is 4. The van der Waals surface area contributed by atoms with Gasteiger partial charge in [0.05, 0.1) is 17.2 Å². The number of para-hydroxylation sites is 1. The van der Waals surface area contributed by atoms with Crippen molar-refractivity contribution in [2.24, 2.45) is 0 Å². The van der Waals surface area contributed by atoms with Crippen LogP contribution in [0, 0.1) is 6.92 Å². The molecule has 0 saturated carbocycles. The second-order valence-electron chi connectivity index (χ2n) is 6.09. The number of hydrogen-bond donors (Lipinski definition) is 0. The molecule has 0 atom stereocenters. The SMILES string of the molecule is Cc1ccc(/C=C2\CCCc3c2nc2ccccc2c3C(=O)[O-])s1. The number of thiophene rings is 1. The van der Waals surface area contributed by atoms with E-state index in [0.717, 1.165) is 36.1 Å². The van der Waals surface area contributed by atoms with Crippen LogP contribution in [0.5, 0.6) is 0 Å². The van der Waals surface area contributed by atoms with E-state index in [-0.39, 0.29) is 0 Å². The zero-order valence-electron chi connectivity index (χ0n) is 13.3. The average molecular weight is 334 g/mol. The molecule has 120 valence electrons. The third-order valence-corrected chi connectivity index (χ3v) is 5.40. The zero-order chi connectivity index (χ0) is 16.7. The summed E-state index contributed by atoms with van der Waals surface area (Å²) in [5.74, 6) is -1.11. The van der Waals surface area contributed by atoms with Gasteiger partial charge in [0.2, 0.25) is 0 Å². The number of carboxylic acids is 1. The summed E-state index contributed by atoms with van der Waals surface area (Å²) in [4.78, 5) is 19.0. The summed E-state index contributed by atoms with van der Waals surface area (Å²) in [7, 11) is 0. The minimum atomic E-state index is -1.11. The van der Waals surface area contributed by atoms with E-state index in [1.54, 1.807) is 11.3 Å². The molecule has 0 unspecified atom stereocenters. The highest BCUT2D eigenvalue weighted by Crippen LogP contribution is 2.36. The molecule has 0 aliphatic heterocycles. The lowest BCUT2D eigenvalue weighted by molar-refractivity contribution is -0.254. The highest BCUT2D eigenvalue weighted by atomic mass is 32.1. The molecule has 0 saturated heterocycles. The van der Waals surface area contributed by atoms with Crippen LogP contribution in [0.1, 0.15) is 44.2 Å². The number of rotatable bonds is 2. The number of carbonyl (C=O) groups excluding carboxylic acids is 1. The Morgan fingerprint density at radius 3 is 2.79 bits per heavy atom. The number of aromatic nitrogens is 1. The molecule has 4 heteroatoms. The number of fused-ring (bicyclic) bond motifs is 2. The average Bonchev–Trinajstić information content (AvgIpc) is 2.98. The molecule has 0 fully saturated rings. The molecule has 0 radical (unpaired) electrons. The molecule has 1 aliphatic rings. The highest BCUT2D eigenvalue weighted by Gasteiger charge is 2.22. The Bertz CT molecular complexity index is 984. The maximum absolute atomic E-state index is 11.8.